The molecule has 0 spiro atoms. The van der Waals surface area contributed by atoms with Crippen LogP contribution in [0.25, 0.3) is 0 Å². The van der Waals surface area contributed by atoms with Gasteiger partial charge in [-0.15, -0.1) is 0 Å². The van der Waals surface area contributed by atoms with E-state index in [-0.39, 0.29) is 35.5 Å². The number of nitrogens with zero attached hydrogens (tertiary/aromatic N) is 2. The molecule has 0 aliphatic heterocycles. The molecule has 35 heavy (non-hydrogen) atoms. The Morgan fingerprint density at radius 2 is 1.00 bits per heavy atom. The van der Waals surface area contributed by atoms with Crippen LogP contribution in [0.4, 0.5) is 0 Å². The minimum Gasteiger partial charge on any atom is -0.354 e. The molecule has 0 saturated carbocycles. The van der Waals surface area contributed by atoms with E-state index >= 15 is 0 Å². The lowest BCUT2D eigenvalue weighted by Crippen LogP contribution is -2.51. The van der Waals surface area contributed by atoms with Crippen LogP contribution < -0.4 is 21.3 Å². The monoisotopic (exact) mass is 482 g/mol. The molecule has 4 N–H and O–H groups in total. The second-order valence-electron chi connectivity index (χ2n) is 8.80. The summed E-state index contributed by atoms with van der Waals surface area (Å²) in [6.07, 6.45) is 6.55. The van der Waals surface area contributed by atoms with E-state index in [9.17, 15) is 19.2 Å². The van der Waals surface area contributed by atoms with Crippen molar-refractivity contribution in [3.05, 3.63) is 60.2 Å². The molecular weight excluding hydrogens is 448 g/mol. The van der Waals surface area contributed by atoms with E-state index in [1.807, 2.05) is 27.7 Å². The Kier molecular flexibility index (Phi) is 10.8. The number of nitrogens with one attached hydrogen (secondary N) is 4. The predicted molar refractivity (Wildman–Crippen MR) is 131 cm³/mol. The fourth-order valence-electron chi connectivity index (χ4n) is 3.26. The van der Waals surface area contributed by atoms with Gasteiger partial charge >= 0.3 is 0 Å². The molecule has 2 rings (SSSR count). The highest BCUT2D eigenvalue weighted by Gasteiger charge is 2.25. The molecular formula is C25H34N6O4. The summed E-state index contributed by atoms with van der Waals surface area (Å²) in [4.78, 5) is 57.8. The zero-order valence-electron chi connectivity index (χ0n) is 20.6. The first-order valence-corrected chi connectivity index (χ1v) is 11.7. The van der Waals surface area contributed by atoms with Crippen molar-refractivity contribution in [3.8, 4) is 0 Å². The topological polar surface area (TPSA) is 142 Å². The van der Waals surface area contributed by atoms with Crippen molar-refractivity contribution >= 4 is 23.6 Å². The van der Waals surface area contributed by atoms with Crippen molar-refractivity contribution in [3.63, 3.8) is 0 Å². The summed E-state index contributed by atoms with van der Waals surface area (Å²) in [6.45, 7) is 8.05. The molecule has 0 aromatic carbocycles. The van der Waals surface area contributed by atoms with Crippen molar-refractivity contribution in [1.29, 1.82) is 0 Å². The third kappa shape index (κ3) is 8.80. The lowest BCUT2D eigenvalue weighted by molar-refractivity contribution is -0.124. The van der Waals surface area contributed by atoms with Crippen molar-refractivity contribution in [2.45, 2.75) is 46.2 Å². The third-order valence-electron chi connectivity index (χ3n) is 5.31. The van der Waals surface area contributed by atoms with Gasteiger partial charge in [0, 0.05) is 49.0 Å². The molecule has 0 fully saturated rings. The summed E-state index contributed by atoms with van der Waals surface area (Å²) in [5.74, 6) is -1.51. The second kappa shape index (κ2) is 13.8. The highest BCUT2D eigenvalue weighted by Crippen LogP contribution is 2.06. The number of rotatable bonds is 12. The second-order valence-corrected chi connectivity index (χ2v) is 8.80. The van der Waals surface area contributed by atoms with E-state index in [2.05, 4.69) is 31.2 Å². The summed E-state index contributed by atoms with van der Waals surface area (Å²) < 4.78 is 0. The summed E-state index contributed by atoms with van der Waals surface area (Å²) >= 11 is 0. The Labute approximate surface area is 205 Å². The molecule has 10 nitrogen and oxygen atoms in total. The molecule has 0 aliphatic rings. The van der Waals surface area contributed by atoms with E-state index in [1.54, 1.807) is 24.3 Å². The van der Waals surface area contributed by atoms with Crippen molar-refractivity contribution in [1.82, 2.24) is 31.2 Å². The predicted octanol–water partition coefficient (Wildman–Crippen LogP) is 1.31. The number of hydrogen-bond donors (Lipinski definition) is 4. The van der Waals surface area contributed by atoms with Crippen LogP contribution in [0.15, 0.2) is 49.1 Å². The summed E-state index contributed by atoms with van der Waals surface area (Å²) in [6, 6.07) is 4.93. The van der Waals surface area contributed by atoms with Gasteiger partial charge in [0.25, 0.3) is 11.8 Å². The molecule has 0 bridgehead atoms. The maximum absolute atomic E-state index is 12.6. The van der Waals surface area contributed by atoms with Crippen LogP contribution in [0, 0.1) is 11.8 Å². The Hall–Kier alpha value is -3.82. The lowest BCUT2D eigenvalue weighted by Gasteiger charge is -2.22. The summed E-state index contributed by atoms with van der Waals surface area (Å²) in [5.41, 5.74) is 0.855. The SMILES string of the molecule is CC(C)[C@H](NC(=O)c1ccncc1)C(=O)NCCCNC(=O)[C@@H](NC(=O)c1ccncc1)C(C)C. The van der Waals surface area contributed by atoms with Crippen LogP contribution in [-0.2, 0) is 9.59 Å². The molecule has 2 aromatic heterocycles. The molecule has 4 amide bonds. The zero-order chi connectivity index (χ0) is 25.8. The van der Waals surface area contributed by atoms with Crippen LogP contribution in [-0.4, -0.2) is 58.8 Å². The van der Waals surface area contributed by atoms with Crippen LogP contribution in [0.5, 0.6) is 0 Å². The maximum Gasteiger partial charge on any atom is 0.252 e. The minimum absolute atomic E-state index is 0.115. The standard InChI is InChI=1S/C25H34N6O4/c1-16(2)20(30-22(32)18-6-12-26-13-7-18)24(34)28-10-5-11-29-25(35)21(17(3)4)31-23(33)19-8-14-27-15-9-19/h6-9,12-17,20-21H,5,10-11H2,1-4H3,(H,28,34)(H,29,35)(H,30,32)(H,31,33)/t20-,21-/m0/s1. The molecule has 0 aliphatic carbocycles. The number of hydrogen-bond acceptors (Lipinski definition) is 6. The van der Waals surface area contributed by atoms with Gasteiger partial charge in [0.15, 0.2) is 0 Å². The maximum atomic E-state index is 12.6. The van der Waals surface area contributed by atoms with E-state index in [1.165, 1.54) is 24.8 Å². The van der Waals surface area contributed by atoms with Crippen LogP contribution in [0.3, 0.4) is 0 Å². The fourth-order valence-corrected chi connectivity index (χ4v) is 3.26. The molecule has 188 valence electrons. The van der Waals surface area contributed by atoms with Gasteiger partial charge in [0.1, 0.15) is 12.1 Å². The van der Waals surface area contributed by atoms with Crippen molar-refractivity contribution in [2.24, 2.45) is 11.8 Å². The quantitative estimate of drug-likeness (QED) is 0.336. The van der Waals surface area contributed by atoms with Gasteiger partial charge in [0.05, 0.1) is 0 Å². The molecule has 0 unspecified atom stereocenters. The number of carbonyl (C=O) groups is 4. The fraction of sp³-hybridized carbons (Fsp3) is 0.440. The Balaban J connectivity index is 1.78. The average Bonchev–Trinajstić information content (AvgIpc) is 2.85. The van der Waals surface area contributed by atoms with Crippen LogP contribution >= 0.6 is 0 Å². The highest BCUT2D eigenvalue weighted by atomic mass is 16.2. The Morgan fingerprint density at radius 3 is 1.31 bits per heavy atom. The number of aromatic nitrogens is 2. The van der Waals surface area contributed by atoms with Gasteiger partial charge in [-0.05, 0) is 42.5 Å². The van der Waals surface area contributed by atoms with Gasteiger partial charge in [-0.25, -0.2) is 0 Å². The van der Waals surface area contributed by atoms with Crippen LogP contribution in [0.2, 0.25) is 0 Å². The van der Waals surface area contributed by atoms with Gasteiger partial charge < -0.3 is 21.3 Å². The van der Waals surface area contributed by atoms with Crippen LogP contribution in [0.1, 0.15) is 54.8 Å². The molecule has 2 heterocycles. The molecule has 2 aromatic rings. The first-order valence-electron chi connectivity index (χ1n) is 11.7. The van der Waals surface area contributed by atoms with E-state index in [4.69, 9.17) is 0 Å². The van der Waals surface area contributed by atoms with E-state index in [0.29, 0.717) is 30.6 Å². The normalized spacial score (nSPS) is 12.5. The smallest absolute Gasteiger partial charge is 0.252 e. The molecule has 10 heteroatoms. The third-order valence-corrected chi connectivity index (χ3v) is 5.31. The lowest BCUT2D eigenvalue weighted by atomic mass is 10.0. The van der Waals surface area contributed by atoms with Crippen molar-refractivity contribution in [2.75, 3.05) is 13.1 Å². The first kappa shape index (κ1) is 27.4. The molecule has 0 radical (unpaired) electrons. The Morgan fingerprint density at radius 1 is 0.657 bits per heavy atom. The highest BCUT2D eigenvalue weighted by molar-refractivity contribution is 5.98. The largest absolute Gasteiger partial charge is 0.354 e. The molecule has 0 saturated heterocycles. The number of pyridine rings is 2. The van der Waals surface area contributed by atoms with Crippen molar-refractivity contribution < 1.29 is 19.2 Å². The first-order chi connectivity index (χ1) is 16.7. The summed E-state index contributed by atoms with van der Waals surface area (Å²) in [7, 11) is 0. The summed E-state index contributed by atoms with van der Waals surface area (Å²) in [5, 5.41) is 11.1. The van der Waals surface area contributed by atoms with Gasteiger partial charge in [0.2, 0.25) is 11.8 Å². The van der Waals surface area contributed by atoms with E-state index < -0.39 is 12.1 Å². The minimum atomic E-state index is -0.695. The average molecular weight is 483 g/mol. The van der Waals surface area contributed by atoms with Gasteiger partial charge in [-0.3, -0.25) is 29.1 Å². The van der Waals surface area contributed by atoms with Gasteiger partial charge in [-0.2, -0.15) is 0 Å². The van der Waals surface area contributed by atoms with Gasteiger partial charge in [-0.1, -0.05) is 27.7 Å². The number of carbonyl (C=O) groups excluding carboxylic acids is 4. The Bertz CT molecular complexity index is 902. The zero-order valence-corrected chi connectivity index (χ0v) is 20.6. The molecule has 2 atom stereocenters. The van der Waals surface area contributed by atoms with E-state index in [0.717, 1.165) is 0 Å². The number of amides is 4.